The lowest BCUT2D eigenvalue weighted by atomic mass is 10.2. The first-order valence-corrected chi connectivity index (χ1v) is 6.16. The maximum atomic E-state index is 10.6. The van der Waals surface area contributed by atoms with E-state index in [9.17, 15) is 10.1 Å². The van der Waals surface area contributed by atoms with Gasteiger partial charge in [0, 0.05) is 31.3 Å². The number of anilines is 1. The summed E-state index contributed by atoms with van der Waals surface area (Å²) in [6, 6.07) is 4.65. The molecule has 0 radical (unpaired) electrons. The van der Waals surface area contributed by atoms with Crippen LogP contribution in [0.1, 0.15) is 20.3 Å². The van der Waals surface area contributed by atoms with Crippen molar-refractivity contribution in [3.05, 3.63) is 33.3 Å². The first kappa shape index (κ1) is 14.7. The van der Waals surface area contributed by atoms with Crippen molar-refractivity contribution in [3.63, 3.8) is 0 Å². The summed E-state index contributed by atoms with van der Waals surface area (Å²) in [4.78, 5) is 12.2. The van der Waals surface area contributed by atoms with Gasteiger partial charge in [0.05, 0.1) is 15.6 Å². The van der Waals surface area contributed by atoms with E-state index in [2.05, 4.69) is 0 Å². The minimum absolute atomic E-state index is 0.0189. The molecule has 1 N–H and O–H groups in total. The summed E-state index contributed by atoms with van der Waals surface area (Å²) in [6.45, 7) is 4.78. The van der Waals surface area contributed by atoms with E-state index < -0.39 is 4.92 Å². The molecule has 18 heavy (non-hydrogen) atoms. The van der Waals surface area contributed by atoms with Crippen LogP contribution in [0.3, 0.4) is 0 Å². The molecule has 0 bridgehead atoms. The molecule has 0 saturated carbocycles. The van der Waals surface area contributed by atoms with E-state index >= 15 is 0 Å². The Hall–Kier alpha value is -1.33. The maximum Gasteiger partial charge on any atom is 0.271 e. The number of rotatable bonds is 6. The van der Waals surface area contributed by atoms with Crippen LogP contribution in [-0.4, -0.2) is 29.2 Å². The molecule has 1 aromatic rings. The van der Waals surface area contributed by atoms with Crippen molar-refractivity contribution in [2.24, 2.45) is 0 Å². The number of non-ortho nitro benzene ring substituents is 1. The van der Waals surface area contributed by atoms with Gasteiger partial charge in [-0.25, -0.2) is 0 Å². The number of nitrogens with zero attached hydrogens (tertiary/aromatic N) is 2. The summed E-state index contributed by atoms with van der Waals surface area (Å²) < 4.78 is 0. The quantitative estimate of drug-likeness (QED) is 0.639. The van der Waals surface area contributed by atoms with Crippen molar-refractivity contribution in [1.29, 1.82) is 0 Å². The van der Waals surface area contributed by atoms with E-state index in [1.807, 2.05) is 18.7 Å². The van der Waals surface area contributed by atoms with Crippen molar-refractivity contribution in [2.45, 2.75) is 26.3 Å². The molecule has 0 spiro atoms. The molecule has 6 heteroatoms. The molecule has 0 aliphatic heterocycles. The first-order chi connectivity index (χ1) is 8.47. The molecule has 1 rings (SSSR count). The SMILES string of the molecule is CC(C)N(CCCO)c1ccc([N+](=O)[O-])cc1Cl. The third kappa shape index (κ3) is 3.58. The lowest BCUT2D eigenvalue weighted by Gasteiger charge is -2.29. The molecular formula is C12H17ClN2O3. The van der Waals surface area contributed by atoms with E-state index in [1.165, 1.54) is 12.1 Å². The number of nitro benzene ring substituents is 1. The van der Waals surface area contributed by atoms with Gasteiger partial charge in [-0.3, -0.25) is 10.1 Å². The summed E-state index contributed by atoms with van der Waals surface area (Å²) in [5, 5.41) is 19.9. The van der Waals surface area contributed by atoms with Crippen molar-refractivity contribution < 1.29 is 10.0 Å². The summed E-state index contributed by atoms with van der Waals surface area (Å²) in [5.41, 5.74) is 0.736. The van der Waals surface area contributed by atoms with Crippen molar-refractivity contribution in [1.82, 2.24) is 0 Å². The fourth-order valence-electron chi connectivity index (χ4n) is 1.74. The molecule has 0 amide bonds. The van der Waals surface area contributed by atoms with Gasteiger partial charge >= 0.3 is 0 Å². The van der Waals surface area contributed by atoms with Crippen LogP contribution < -0.4 is 4.90 Å². The van der Waals surface area contributed by atoms with Gasteiger partial charge in [0.1, 0.15) is 0 Å². The van der Waals surface area contributed by atoms with Gasteiger partial charge in [-0.2, -0.15) is 0 Å². The topological polar surface area (TPSA) is 66.6 Å². The Balaban J connectivity index is 3.01. The fourth-order valence-corrected chi connectivity index (χ4v) is 2.02. The van der Waals surface area contributed by atoms with Crippen LogP contribution >= 0.6 is 11.6 Å². The predicted octanol–water partition coefficient (Wildman–Crippen LogP) is 2.85. The zero-order valence-corrected chi connectivity index (χ0v) is 11.2. The van der Waals surface area contributed by atoms with Crippen LogP contribution in [0.15, 0.2) is 18.2 Å². The Morgan fingerprint density at radius 2 is 2.17 bits per heavy atom. The standard InChI is InChI=1S/C12H17ClN2O3/c1-9(2)14(6-3-7-16)12-5-4-10(15(17)18)8-11(12)13/h4-5,8-9,16H,3,6-7H2,1-2H3. The zero-order chi connectivity index (χ0) is 13.7. The van der Waals surface area contributed by atoms with E-state index in [-0.39, 0.29) is 18.3 Å². The highest BCUT2D eigenvalue weighted by Gasteiger charge is 2.16. The van der Waals surface area contributed by atoms with Crippen LogP contribution in [0.4, 0.5) is 11.4 Å². The highest BCUT2D eigenvalue weighted by molar-refractivity contribution is 6.33. The average molecular weight is 273 g/mol. The molecule has 0 aliphatic rings. The molecule has 0 saturated heterocycles. The summed E-state index contributed by atoms with van der Waals surface area (Å²) in [5.74, 6) is 0. The smallest absolute Gasteiger partial charge is 0.271 e. The number of halogens is 1. The average Bonchev–Trinajstić information content (AvgIpc) is 2.30. The Bertz CT molecular complexity index is 424. The van der Waals surface area contributed by atoms with Crippen LogP contribution in [0.2, 0.25) is 5.02 Å². The second-order valence-corrected chi connectivity index (χ2v) is 4.66. The molecule has 0 aliphatic carbocycles. The Labute approximate surface area is 111 Å². The number of hydrogen-bond acceptors (Lipinski definition) is 4. The predicted molar refractivity (Wildman–Crippen MR) is 72.3 cm³/mol. The third-order valence-electron chi connectivity index (χ3n) is 2.63. The largest absolute Gasteiger partial charge is 0.396 e. The van der Waals surface area contributed by atoms with Crippen LogP contribution in [0.5, 0.6) is 0 Å². The molecule has 0 fully saturated rings. The zero-order valence-electron chi connectivity index (χ0n) is 10.5. The molecule has 5 nitrogen and oxygen atoms in total. The molecule has 1 aromatic carbocycles. The molecule has 0 unspecified atom stereocenters. The lowest BCUT2D eigenvalue weighted by Crippen LogP contribution is -2.32. The van der Waals surface area contributed by atoms with Gasteiger partial charge in [0.15, 0.2) is 0 Å². The highest BCUT2D eigenvalue weighted by atomic mass is 35.5. The van der Waals surface area contributed by atoms with E-state index in [4.69, 9.17) is 16.7 Å². The Kier molecular flexibility index (Phi) is 5.37. The Morgan fingerprint density at radius 3 is 2.61 bits per heavy atom. The number of aliphatic hydroxyl groups is 1. The normalized spacial score (nSPS) is 10.7. The first-order valence-electron chi connectivity index (χ1n) is 5.78. The van der Waals surface area contributed by atoms with Crippen LogP contribution in [0.25, 0.3) is 0 Å². The highest BCUT2D eigenvalue weighted by Crippen LogP contribution is 2.31. The van der Waals surface area contributed by atoms with E-state index in [0.717, 1.165) is 5.69 Å². The number of hydrogen-bond donors (Lipinski definition) is 1. The molecule has 0 heterocycles. The fraction of sp³-hybridized carbons (Fsp3) is 0.500. The lowest BCUT2D eigenvalue weighted by molar-refractivity contribution is -0.384. The summed E-state index contributed by atoms with van der Waals surface area (Å²) in [6.07, 6.45) is 0.630. The summed E-state index contributed by atoms with van der Waals surface area (Å²) >= 11 is 6.08. The second kappa shape index (κ2) is 6.56. The number of benzene rings is 1. The molecular weight excluding hydrogens is 256 g/mol. The van der Waals surface area contributed by atoms with E-state index in [0.29, 0.717) is 18.0 Å². The number of nitro groups is 1. The Morgan fingerprint density at radius 1 is 1.50 bits per heavy atom. The van der Waals surface area contributed by atoms with Gasteiger partial charge in [0.25, 0.3) is 5.69 Å². The minimum Gasteiger partial charge on any atom is -0.396 e. The summed E-state index contributed by atoms with van der Waals surface area (Å²) in [7, 11) is 0. The van der Waals surface area contributed by atoms with Crippen molar-refractivity contribution in [3.8, 4) is 0 Å². The van der Waals surface area contributed by atoms with Crippen molar-refractivity contribution >= 4 is 23.0 Å². The maximum absolute atomic E-state index is 10.6. The monoisotopic (exact) mass is 272 g/mol. The third-order valence-corrected chi connectivity index (χ3v) is 2.93. The molecule has 0 atom stereocenters. The van der Waals surface area contributed by atoms with Gasteiger partial charge < -0.3 is 10.0 Å². The van der Waals surface area contributed by atoms with Gasteiger partial charge in [-0.15, -0.1) is 0 Å². The van der Waals surface area contributed by atoms with Crippen LogP contribution in [-0.2, 0) is 0 Å². The van der Waals surface area contributed by atoms with Crippen molar-refractivity contribution in [2.75, 3.05) is 18.1 Å². The van der Waals surface area contributed by atoms with Crippen LogP contribution in [0, 0.1) is 10.1 Å². The van der Waals surface area contributed by atoms with Gasteiger partial charge in [-0.05, 0) is 26.3 Å². The number of aliphatic hydroxyl groups excluding tert-OH is 1. The molecule has 0 aromatic heterocycles. The minimum atomic E-state index is -0.469. The van der Waals surface area contributed by atoms with Gasteiger partial charge in [-0.1, -0.05) is 11.6 Å². The van der Waals surface area contributed by atoms with Gasteiger partial charge in [0.2, 0.25) is 0 Å². The molecule has 100 valence electrons. The second-order valence-electron chi connectivity index (χ2n) is 4.26. The van der Waals surface area contributed by atoms with E-state index in [1.54, 1.807) is 6.07 Å².